The highest BCUT2D eigenvalue weighted by molar-refractivity contribution is 14.1. The van der Waals surface area contributed by atoms with Crippen molar-refractivity contribution in [2.75, 3.05) is 19.4 Å². The highest BCUT2D eigenvalue weighted by atomic mass is 127. The molecule has 3 aliphatic rings. The molecule has 13 heteroatoms. The van der Waals surface area contributed by atoms with Gasteiger partial charge in [0.25, 0.3) is 9.82 Å². The number of rotatable bonds is 4. The summed E-state index contributed by atoms with van der Waals surface area (Å²) < 4.78 is -0.526. The van der Waals surface area contributed by atoms with E-state index in [0.717, 1.165) is 0 Å². The molecule has 1 saturated carbocycles. The fourth-order valence-corrected chi connectivity index (χ4v) is 6.55. The highest BCUT2D eigenvalue weighted by Gasteiger charge is 2.64. The van der Waals surface area contributed by atoms with E-state index in [1.54, 1.807) is 24.4 Å². The van der Waals surface area contributed by atoms with Gasteiger partial charge in [-0.2, -0.15) is 0 Å². The third-order valence-corrected chi connectivity index (χ3v) is 8.16. The van der Waals surface area contributed by atoms with Crippen LogP contribution in [0.25, 0.3) is 17.0 Å². The minimum absolute atomic E-state index is 0.0413. The van der Waals surface area contributed by atoms with Crippen LogP contribution in [0.15, 0.2) is 47.4 Å². The van der Waals surface area contributed by atoms with Gasteiger partial charge in [0.05, 0.1) is 23.0 Å². The second-order valence-corrected chi connectivity index (χ2v) is 11.2. The maximum Gasteiger partial charge on any atom is 0.285 e. The van der Waals surface area contributed by atoms with Crippen molar-refractivity contribution in [1.29, 1.82) is 0 Å². The number of amides is 2. The summed E-state index contributed by atoms with van der Waals surface area (Å²) in [5, 5.41) is 47.9. The van der Waals surface area contributed by atoms with Gasteiger partial charge in [0.2, 0.25) is 5.78 Å². The SMILES string of the molecule is CN(C)C1C(=O)C(C(N)=O)=C(O)[C@@]2(O)C(=O)C3=C(O)c4c(O)c(NC(=O)I)cc(-c5ccccn5)c4CC3CC12. The molecule has 4 atom stereocenters. The number of primary amides is 1. The number of hydrogen-bond donors (Lipinski definition) is 6. The zero-order valence-corrected chi connectivity index (χ0v) is 23.5. The number of aliphatic hydroxyl groups excluding tert-OH is 2. The van der Waals surface area contributed by atoms with Crippen molar-refractivity contribution in [1.82, 2.24) is 9.88 Å². The molecule has 12 nitrogen and oxygen atoms in total. The number of anilines is 1. The number of phenols is 1. The Morgan fingerprint density at radius 1 is 1.20 bits per heavy atom. The number of benzene rings is 1. The van der Waals surface area contributed by atoms with Gasteiger partial charge >= 0.3 is 0 Å². The Hall–Kier alpha value is -3.82. The molecule has 0 bridgehead atoms. The van der Waals surface area contributed by atoms with Gasteiger partial charge in [0.15, 0.2) is 11.4 Å². The first-order valence-electron chi connectivity index (χ1n) is 12.2. The van der Waals surface area contributed by atoms with Gasteiger partial charge in [-0.1, -0.05) is 6.07 Å². The van der Waals surface area contributed by atoms with Gasteiger partial charge in [-0.25, -0.2) is 0 Å². The lowest BCUT2D eigenvalue weighted by atomic mass is 9.57. The lowest BCUT2D eigenvalue weighted by Crippen LogP contribution is -2.65. The third-order valence-electron chi connectivity index (χ3n) is 7.89. The Labute approximate surface area is 241 Å². The lowest BCUT2D eigenvalue weighted by molar-refractivity contribution is -0.153. The van der Waals surface area contributed by atoms with E-state index in [2.05, 4.69) is 10.3 Å². The molecule has 0 saturated heterocycles. The number of fused-ring (bicyclic) bond motifs is 3. The van der Waals surface area contributed by atoms with Crippen molar-refractivity contribution < 1.29 is 39.6 Å². The number of aromatic hydroxyl groups is 1. The molecule has 5 rings (SSSR count). The van der Waals surface area contributed by atoms with E-state index in [4.69, 9.17) is 5.73 Å². The van der Waals surface area contributed by atoms with E-state index in [0.29, 0.717) is 16.8 Å². The van der Waals surface area contributed by atoms with E-state index >= 15 is 0 Å². The van der Waals surface area contributed by atoms with E-state index in [-0.39, 0.29) is 29.7 Å². The van der Waals surface area contributed by atoms with Gasteiger partial charge in [-0.3, -0.25) is 29.1 Å². The molecule has 1 heterocycles. The van der Waals surface area contributed by atoms with Crippen LogP contribution in [0.1, 0.15) is 17.5 Å². The van der Waals surface area contributed by atoms with Crippen LogP contribution in [-0.4, -0.2) is 77.4 Å². The van der Waals surface area contributed by atoms with Crippen molar-refractivity contribution in [3.8, 4) is 17.0 Å². The molecule has 2 amide bonds. The lowest BCUT2D eigenvalue weighted by Gasteiger charge is -2.50. The molecule has 3 unspecified atom stereocenters. The number of nitrogens with one attached hydrogen (secondary N) is 1. The summed E-state index contributed by atoms with van der Waals surface area (Å²) >= 11 is 1.48. The predicted octanol–water partition coefficient (Wildman–Crippen LogP) is 1.99. The predicted molar refractivity (Wildman–Crippen MR) is 151 cm³/mol. The number of aliphatic hydroxyl groups is 3. The minimum Gasteiger partial charge on any atom is -0.508 e. The quantitative estimate of drug-likeness (QED) is 0.0926. The molecule has 0 aliphatic heterocycles. The number of Topliss-reactive ketones (excluding diaryl/α,β-unsaturated/α-hetero) is 2. The smallest absolute Gasteiger partial charge is 0.285 e. The standard InChI is InChI=1S/C27H25IN4O8/c1-32(2)19-13-8-10-7-12-11(14-5-3-4-6-30-14)9-15(31-26(28)39)20(33)17(12)21(34)16(10)23(36)27(13,40)24(37)18(22(19)35)25(29)38/h3-6,9-10,13,19,33-34,37,40H,7-8H2,1-2H3,(H2,29,38)(H,31,39)/t10?,13?,19?,27-/m0/s1. The Morgan fingerprint density at radius 2 is 1.90 bits per heavy atom. The molecule has 1 aromatic heterocycles. The van der Waals surface area contributed by atoms with Crippen molar-refractivity contribution >= 4 is 55.4 Å². The Morgan fingerprint density at radius 3 is 2.48 bits per heavy atom. The number of ketones is 2. The van der Waals surface area contributed by atoms with Crippen LogP contribution < -0.4 is 11.1 Å². The first-order chi connectivity index (χ1) is 18.8. The van der Waals surface area contributed by atoms with Crippen molar-refractivity contribution in [3.05, 3.63) is 58.5 Å². The van der Waals surface area contributed by atoms with Crippen LogP contribution in [0.2, 0.25) is 0 Å². The number of halogens is 1. The first kappa shape index (κ1) is 27.7. The summed E-state index contributed by atoms with van der Waals surface area (Å²) in [5.74, 6) is -7.49. The molecule has 0 spiro atoms. The first-order valence-corrected chi connectivity index (χ1v) is 13.3. The molecular formula is C27H25IN4O8. The number of phenolic OH excluding ortho intramolecular Hbond substituents is 1. The number of pyridine rings is 1. The van der Waals surface area contributed by atoms with Crippen LogP contribution in [0.3, 0.4) is 0 Å². The van der Waals surface area contributed by atoms with Crippen LogP contribution in [0.5, 0.6) is 5.75 Å². The largest absolute Gasteiger partial charge is 0.508 e. The number of carbonyl (C=O) groups excluding carboxylic acids is 4. The van der Waals surface area contributed by atoms with Gasteiger partial charge in [0.1, 0.15) is 22.8 Å². The Bertz CT molecular complexity index is 1570. The summed E-state index contributed by atoms with van der Waals surface area (Å²) in [7, 11) is 3.07. The Balaban J connectivity index is 1.79. The summed E-state index contributed by atoms with van der Waals surface area (Å²) in [6, 6.07) is 5.50. The number of carbonyl (C=O) groups is 4. The van der Waals surface area contributed by atoms with Crippen LogP contribution in [0.4, 0.5) is 10.5 Å². The summed E-state index contributed by atoms with van der Waals surface area (Å²) in [4.78, 5) is 57.0. The zero-order chi connectivity index (χ0) is 29.3. The van der Waals surface area contributed by atoms with E-state index in [1.165, 1.54) is 47.7 Å². The summed E-state index contributed by atoms with van der Waals surface area (Å²) in [5.41, 5.74) is 2.66. The zero-order valence-electron chi connectivity index (χ0n) is 21.3. The van der Waals surface area contributed by atoms with Gasteiger partial charge in [-0.15, -0.1) is 0 Å². The monoisotopic (exact) mass is 660 g/mol. The maximum absolute atomic E-state index is 14.0. The fourth-order valence-electron chi connectivity index (χ4n) is 6.26. The number of nitrogens with zero attached hydrogens (tertiary/aromatic N) is 2. The number of likely N-dealkylation sites (N-methyl/N-ethyl adjacent to an activating group) is 1. The summed E-state index contributed by atoms with van der Waals surface area (Å²) in [6.07, 6.45) is 1.60. The molecule has 40 heavy (non-hydrogen) atoms. The van der Waals surface area contributed by atoms with E-state index in [9.17, 15) is 39.6 Å². The van der Waals surface area contributed by atoms with E-state index in [1.807, 2.05) is 0 Å². The molecular weight excluding hydrogens is 635 g/mol. The van der Waals surface area contributed by atoms with Gasteiger partial charge < -0.3 is 31.5 Å². The van der Waals surface area contributed by atoms with Crippen molar-refractivity contribution in [3.63, 3.8) is 0 Å². The molecule has 7 N–H and O–H groups in total. The fraction of sp³-hybridized carbons (Fsp3) is 0.296. The normalized spacial score (nSPS) is 25.9. The Kier molecular flexibility index (Phi) is 6.71. The topological polar surface area (TPSA) is 203 Å². The average molecular weight is 660 g/mol. The molecule has 1 aromatic carbocycles. The summed E-state index contributed by atoms with van der Waals surface area (Å²) in [6.45, 7) is 0. The van der Waals surface area contributed by atoms with Gasteiger partial charge in [-0.05, 0) is 56.6 Å². The van der Waals surface area contributed by atoms with Crippen molar-refractivity contribution in [2.24, 2.45) is 17.6 Å². The second-order valence-electron chi connectivity index (χ2n) is 10.2. The second kappa shape index (κ2) is 9.67. The van der Waals surface area contributed by atoms with Gasteiger partial charge in [0, 0.05) is 45.8 Å². The number of hydrogen-bond acceptors (Lipinski definition) is 10. The number of nitrogens with two attached hydrogens (primary N) is 1. The average Bonchev–Trinajstić information content (AvgIpc) is 2.87. The van der Waals surface area contributed by atoms with Crippen LogP contribution in [-0.2, 0) is 20.8 Å². The third kappa shape index (κ3) is 3.90. The minimum atomic E-state index is -2.74. The molecule has 3 aliphatic carbocycles. The maximum atomic E-state index is 14.0. The number of aromatic nitrogens is 1. The van der Waals surface area contributed by atoms with Crippen LogP contribution in [0, 0.1) is 11.8 Å². The van der Waals surface area contributed by atoms with Crippen LogP contribution >= 0.6 is 22.6 Å². The molecule has 2 aromatic rings. The molecule has 208 valence electrons. The molecule has 1 fully saturated rings. The van der Waals surface area contributed by atoms with E-state index < -0.39 is 67.7 Å². The highest BCUT2D eigenvalue weighted by Crippen LogP contribution is 2.54. The van der Waals surface area contributed by atoms with Crippen molar-refractivity contribution in [2.45, 2.75) is 24.5 Å². The molecule has 0 radical (unpaired) electrons.